The molecule has 1 fully saturated rings. The summed E-state index contributed by atoms with van der Waals surface area (Å²) in [5, 5.41) is 0. The molecule has 1 aliphatic rings. The summed E-state index contributed by atoms with van der Waals surface area (Å²) in [6.07, 6.45) is 6.97. The Hall–Kier alpha value is -1.32. The standard InChI is InChI=1S/C17H28O4/c1-5-13(4)20-16(18)10-11-17(19)21-15-8-6-14(7-9-15)12(2)3/h10-15H,5-9H2,1-4H3/b11-10+. The van der Waals surface area contributed by atoms with Crippen molar-refractivity contribution in [2.24, 2.45) is 11.8 Å². The largest absolute Gasteiger partial charge is 0.460 e. The maximum atomic E-state index is 11.7. The molecule has 0 aliphatic heterocycles. The molecule has 0 aromatic heterocycles. The van der Waals surface area contributed by atoms with Crippen LogP contribution in [-0.2, 0) is 19.1 Å². The summed E-state index contributed by atoms with van der Waals surface area (Å²) in [4.78, 5) is 23.1. The first kappa shape index (κ1) is 17.7. The Morgan fingerprint density at radius 2 is 1.62 bits per heavy atom. The number of ether oxygens (including phenoxy) is 2. The van der Waals surface area contributed by atoms with Crippen LogP contribution in [0.4, 0.5) is 0 Å². The first-order valence-electron chi connectivity index (χ1n) is 8.01. The van der Waals surface area contributed by atoms with E-state index in [1.165, 1.54) is 6.08 Å². The molecule has 0 aromatic carbocycles. The van der Waals surface area contributed by atoms with Gasteiger partial charge in [0.15, 0.2) is 0 Å². The van der Waals surface area contributed by atoms with E-state index in [9.17, 15) is 9.59 Å². The predicted octanol–water partition coefficient (Wildman–Crippen LogP) is 3.64. The van der Waals surface area contributed by atoms with Crippen LogP contribution in [0.5, 0.6) is 0 Å². The Morgan fingerprint density at radius 1 is 1.05 bits per heavy atom. The summed E-state index contributed by atoms with van der Waals surface area (Å²) in [7, 11) is 0. The third-order valence-electron chi connectivity index (χ3n) is 4.19. The van der Waals surface area contributed by atoms with E-state index in [1.54, 1.807) is 0 Å². The zero-order chi connectivity index (χ0) is 15.8. The molecule has 0 amide bonds. The van der Waals surface area contributed by atoms with Gasteiger partial charge in [0, 0.05) is 12.2 Å². The van der Waals surface area contributed by atoms with Gasteiger partial charge in [-0.15, -0.1) is 0 Å². The number of hydrogen-bond acceptors (Lipinski definition) is 4. The molecule has 0 bridgehead atoms. The lowest BCUT2D eigenvalue weighted by atomic mass is 9.80. The second-order valence-corrected chi connectivity index (χ2v) is 6.21. The van der Waals surface area contributed by atoms with E-state index < -0.39 is 11.9 Å². The molecule has 0 aromatic rings. The number of rotatable bonds is 6. The summed E-state index contributed by atoms with van der Waals surface area (Å²) in [5.74, 6) is 0.479. The lowest BCUT2D eigenvalue weighted by Gasteiger charge is -2.30. The van der Waals surface area contributed by atoms with Crippen LogP contribution >= 0.6 is 0 Å². The highest BCUT2D eigenvalue weighted by Gasteiger charge is 2.25. The minimum absolute atomic E-state index is 0.0114. The van der Waals surface area contributed by atoms with Crippen LogP contribution in [0.3, 0.4) is 0 Å². The highest BCUT2D eigenvalue weighted by molar-refractivity contribution is 5.91. The number of hydrogen-bond donors (Lipinski definition) is 0. The molecule has 0 saturated heterocycles. The van der Waals surface area contributed by atoms with Gasteiger partial charge in [-0.1, -0.05) is 20.8 Å². The lowest BCUT2D eigenvalue weighted by Crippen LogP contribution is -2.26. The Morgan fingerprint density at radius 3 is 2.14 bits per heavy atom. The topological polar surface area (TPSA) is 52.6 Å². The van der Waals surface area contributed by atoms with Gasteiger partial charge in [-0.25, -0.2) is 9.59 Å². The van der Waals surface area contributed by atoms with Gasteiger partial charge < -0.3 is 9.47 Å². The van der Waals surface area contributed by atoms with Crippen molar-refractivity contribution in [2.45, 2.75) is 72.0 Å². The summed E-state index contributed by atoms with van der Waals surface area (Å²) >= 11 is 0. The van der Waals surface area contributed by atoms with E-state index in [2.05, 4.69) is 13.8 Å². The molecule has 0 radical (unpaired) electrons. The van der Waals surface area contributed by atoms with Gasteiger partial charge in [-0.3, -0.25) is 0 Å². The highest BCUT2D eigenvalue weighted by atomic mass is 16.5. The third-order valence-corrected chi connectivity index (χ3v) is 4.19. The molecule has 1 rings (SSSR count). The molecule has 0 spiro atoms. The fourth-order valence-electron chi connectivity index (χ4n) is 2.53. The maximum Gasteiger partial charge on any atom is 0.331 e. The average molecular weight is 296 g/mol. The van der Waals surface area contributed by atoms with Crippen molar-refractivity contribution in [3.05, 3.63) is 12.2 Å². The van der Waals surface area contributed by atoms with Gasteiger partial charge in [-0.2, -0.15) is 0 Å². The lowest BCUT2D eigenvalue weighted by molar-refractivity contribution is -0.146. The van der Waals surface area contributed by atoms with Crippen LogP contribution in [-0.4, -0.2) is 24.1 Å². The SMILES string of the molecule is CCC(C)OC(=O)/C=C/C(=O)OC1CCC(C(C)C)CC1. The molecule has 21 heavy (non-hydrogen) atoms. The van der Waals surface area contributed by atoms with Crippen molar-refractivity contribution < 1.29 is 19.1 Å². The minimum atomic E-state index is -0.496. The van der Waals surface area contributed by atoms with Crippen LogP contribution < -0.4 is 0 Å². The van der Waals surface area contributed by atoms with Crippen molar-refractivity contribution in [3.63, 3.8) is 0 Å². The summed E-state index contributed by atoms with van der Waals surface area (Å²) in [5.41, 5.74) is 0. The number of esters is 2. The zero-order valence-electron chi connectivity index (χ0n) is 13.6. The van der Waals surface area contributed by atoms with Gasteiger partial charge in [0.25, 0.3) is 0 Å². The van der Waals surface area contributed by atoms with Gasteiger partial charge in [0.2, 0.25) is 0 Å². The summed E-state index contributed by atoms with van der Waals surface area (Å²) < 4.78 is 10.4. The van der Waals surface area contributed by atoms with Gasteiger partial charge >= 0.3 is 11.9 Å². The second-order valence-electron chi connectivity index (χ2n) is 6.21. The average Bonchev–Trinajstić information content (AvgIpc) is 2.45. The normalized spacial score (nSPS) is 24.0. The molecule has 0 N–H and O–H groups in total. The molecule has 1 unspecified atom stereocenters. The molecule has 4 heteroatoms. The minimum Gasteiger partial charge on any atom is -0.460 e. The van der Waals surface area contributed by atoms with Gasteiger partial charge in [0.05, 0.1) is 6.10 Å². The predicted molar refractivity (Wildman–Crippen MR) is 81.7 cm³/mol. The first-order chi connectivity index (χ1) is 9.92. The smallest absolute Gasteiger partial charge is 0.331 e. The highest BCUT2D eigenvalue weighted by Crippen LogP contribution is 2.31. The molecule has 120 valence electrons. The fraction of sp³-hybridized carbons (Fsp3) is 0.765. The summed E-state index contributed by atoms with van der Waals surface area (Å²) in [6.45, 7) is 8.23. The van der Waals surface area contributed by atoms with Crippen LogP contribution in [0, 0.1) is 11.8 Å². The number of carbonyl (C=O) groups excluding carboxylic acids is 2. The molecule has 1 aliphatic carbocycles. The third kappa shape index (κ3) is 6.78. The quantitative estimate of drug-likeness (QED) is 0.554. The molecule has 4 nitrogen and oxygen atoms in total. The van der Waals surface area contributed by atoms with Crippen molar-refractivity contribution in [2.75, 3.05) is 0 Å². The Bertz CT molecular complexity index is 365. The molecule has 0 heterocycles. The second kappa shape index (κ2) is 8.85. The van der Waals surface area contributed by atoms with Crippen LogP contribution in [0.2, 0.25) is 0 Å². The van der Waals surface area contributed by atoms with Crippen LogP contribution in [0.15, 0.2) is 12.2 Å². The van der Waals surface area contributed by atoms with Gasteiger partial charge in [-0.05, 0) is 50.9 Å². The summed E-state index contributed by atoms with van der Waals surface area (Å²) in [6, 6.07) is 0. The first-order valence-corrected chi connectivity index (χ1v) is 8.01. The van der Waals surface area contributed by atoms with Gasteiger partial charge in [0.1, 0.15) is 6.10 Å². The van der Waals surface area contributed by atoms with E-state index in [0.29, 0.717) is 5.92 Å². The van der Waals surface area contributed by atoms with Crippen LogP contribution in [0.25, 0.3) is 0 Å². The zero-order valence-corrected chi connectivity index (χ0v) is 13.6. The monoisotopic (exact) mass is 296 g/mol. The Kier molecular flexibility index (Phi) is 7.48. The van der Waals surface area contributed by atoms with Crippen molar-refractivity contribution >= 4 is 11.9 Å². The number of carbonyl (C=O) groups is 2. The maximum absolute atomic E-state index is 11.7. The van der Waals surface area contributed by atoms with E-state index >= 15 is 0 Å². The molecule has 1 atom stereocenters. The van der Waals surface area contributed by atoms with Crippen molar-refractivity contribution in [1.82, 2.24) is 0 Å². The van der Waals surface area contributed by atoms with Crippen molar-refractivity contribution in [3.8, 4) is 0 Å². The van der Waals surface area contributed by atoms with Crippen molar-refractivity contribution in [1.29, 1.82) is 0 Å². The molecular weight excluding hydrogens is 268 g/mol. The van der Waals surface area contributed by atoms with Crippen LogP contribution in [0.1, 0.15) is 59.8 Å². The van der Waals surface area contributed by atoms with E-state index in [1.807, 2.05) is 13.8 Å². The fourth-order valence-corrected chi connectivity index (χ4v) is 2.53. The molecule has 1 saturated carbocycles. The van der Waals surface area contributed by atoms with E-state index in [0.717, 1.165) is 44.1 Å². The van der Waals surface area contributed by atoms with E-state index in [-0.39, 0.29) is 12.2 Å². The van der Waals surface area contributed by atoms with E-state index in [4.69, 9.17) is 9.47 Å². The Labute approximate surface area is 127 Å². The molecular formula is C17H28O4. The Balaban J connectivity index is 2.30.